The number of nitrogens with zero attached hydrogens (tertiary/aromatic N) is 3. The number of anilines is 1. The molecular weight excluding hydrogens is 284 g/mol. The fraction of sp³-hybridized carbons (Fsp3) is 0.800. The Hall–Kier alpha value is -0.690. The van der Waals surface area contributed by atoms with Crippen molar-refractivity contribution in [3.63, 3.8) is 0 Å². The molecule has 21 heavy (non-hydrogen) atoms. The van der Waals surface area contributed by atoms with E-state index in [1.54, 1.807) is 7.11 Å². The first kappa shape index (κ1) is 16.7. The van der Waals surface area contributed by atoms with Gasteiger partial charge in [-0.25, -0.2) is 4.98 Å². The average molecular weight is 312 g/mol. The largest absolute Gasteiger partial charge is 0.378 e. The number of hydrogen-bond acceptors (Lipinski definition) is 6. The van der Waals surface area contributed by atoms with Gasteiger partial charge in [0.05, 0.1) is 12.3 Å². The number of likely N-dealkylation sites (N-methyl/N-ethyl adjacent to an activating group) is 1. The van der Waals surface area contributed by atoms with Gasteiger partial charge in [0.15, 0.2) is 5.13 Å². The molecule has 0 radical (unpaired) electrons. The van der Waals surface area contributed by atoms with Crippen molar-refractivity contribution < 1.29 is 4.74 Å². The van der Waals surface area contributed by atoms with Crippen molar-refractivity contribution in [1.82, 2.24) is 15.2 Å². The highest BCUT2D eigenvalue weighted by Crippen LogP contribution is 2.27. The first-order chi connectivity index (χ1) is 10.1. The second-order valence-corrected chi connectivity index (χ2v) is 7.04. The maximum absolute atomic E-state index is 5.31. The van der Waals surface area contributed by atoms with Crippen LogP contribution in [0.5, 0.6) is 0 Å². The molecule has 5 nitrogen and oxygen atoms in total. The summed E-state index contributed by atoms with van der Waals surface area (Å²) in [4.78, 5) is 10.9. The Morgan fingerprint density at radius 1 is 1.29 bits per heavy atom. The summed E-state index contributed by atoms with van der Waals surface area (Å²) in [5.74, 6) is 0. The predicted octanol–water partition coefficient (Wildman–Crippen LogP) is 1.93. The molecule has 0 unspecified atom stereocenters. The summed E-state index contributed by atoms with van der Waals surface area (Å²) in [7, 11) is 3.93. The van der Waals surface area contributed by atoms with Gasteiger partial charge in [0.2, 0.25) is 0 Å². The highest BCUT2D eigenvalue weighted by molar-refractivity contribution is 7.15. The SMILES string of the molecule is COCc1nc(N2CCCN(C)CC2)sc1CNC(C)C. The quantitative estimate of drug-likeness (QED) is 0.869. The normalized spacial score (nSPS) is 17.5. The van der Waals surface area contributed by atoms with E-state index in [0.29, 0.717) is 12.6 Å². The fourth-order valence-electron chi connectivity index (χ4n) is 2.43. The van der Waals surface area contributed by atoms with Crippen molar-refractivity contribution in [2.24, 2.45) is 0 Å². The van der Waals surface area contributed by atoms with Crippen molar-refractivity contribution in [3.05, 3.63) is 10.6 Å². The van der Waals surface area contributed by atoms with Crippen molar-refractivity contribution >= 4 is 16.5 Å². The van der Waals surface area contributed by atoms with Gasteiger partial charge < -0.3 is 19.9 Å². The summed E-state index contributed by atoms with van der Waals surface area (Å²) < 4.78 is 5.31. The monoisotopic (exact) mass is 312 g/mol. The van der Waals surface area contributed by atoms with Gasteiger partial charge in [-0.3, -0.25) is 0 Å². The fourth-order valence-corrected chi connectivity index (χ4v) is 3.49. The number of nitrogens with one attached hydrogen (secondary N) is 1. The van der Waals surface area contributed by atoms with Gasteiger partial charge in [-0.1, -0.05) is 13.8 Å². The van der Waals surface area contributed by atoms with Crippen LogP contribution in [0.15, 0.2) is 0 Å². The standard InChI is InChI=1S/C15H28N4OS/c1-12(2)16-10-14-13(11-20-4)17-15(21-14)19-7-5-6-18(3)8-9-19/h12,16H,5-11H2,1-4H3. The Morgan fingerprint density at radius 3 is 2.81 bits per heavy atom. The minimum Gasteiger partial charge on any atom is -0.378 e. The molecule has 2 rings (SSSR count). The number of aromatic nitrogens is 1. The van der Waals surface area contributed by atoms with Crippen LogP contribution in [0.2, 0.25) is 0 Å². The predicted molar refractivity (Wildman–Crippen MR) is 89.1 cm³/mol. The van der Waals surface area contributed by atoms with Crippen molar-refractivity contribution in [3.8, 4) is 0 Å². The zero-order valence-corrected chi connectivity index (χ0v) is 14.5. The van der Waals surface area contributed by atoms with Gasteiger partial charge in [-0.2, -0.15) is 0 Å². The Labute approximate surface area is 132 Å². The lowest BCUT2D eigenvalue weighted by Gasteiger charge is -2.19. The Kier molecular flexibility index (Phi) is 6.41. The number of ether oxygens (including phenoxy) is 1. The second-order valence-electron chi connectivity index (χ2n) is 5.98. The molecule has 2 heterocycles. The summed E-state index contributed by atoms with van der Waals surface area (Å²) in [5.41, 5.74) is 1.09. The summed E-state index contributed by atoms with van der Waals surface area (Å²) in [6.07, 6.45) is 1.20. The van der Waals surface area contributed by atoms with Crippen LogP contribution in [0.1, 0.15) is 30.8 Å². The van der Waals surface area contributed by atoms with Crippen molar-refractivity contribution in [2.75, 3.05) is 45.2 Å². The van der Waals surface area contributed by atoms with Gasteiger partial charge >= 0.3 is 0 Å². The van der Waals surface area contributed by atoms with Crippen LogP contribution in [-0.4, -0.2) is 56.3 Å². The van der Waals surface area contributed by atoms with E-state index in [0.717, 1.165) is 37.0 Å². The van der Waals surface area contributed by atoms with Crippen LogP contribution in [0.3, 0.4) is 0 Å². The molecule has 0 saturated carbocycles. The van der Waals surface area contributed by atoms with Gasteiger partial charge in [0.25, 0.3) is 0 Å². The van der Waals surface area contributed by atoms with Crippen LogP contribution in [0.25, 0.3) is 0 Å². The zero-order valence-electron chi connectivity index (χ0n) is 13.7. The van der Waals surface area contributed by atoms with Crippen molar-refractivity contribution in [2.45, 2.75) is 39.5 Å². The van der Waals surface area contributed by atoms with E-state index in [4.69, 9.17) is 9.72 Å². The molecule has 0 spiro atoms. The molecule has 0 atom stereocenters. The van der Waals surface area contributed by atoms with E-state index in [2.05, 4.69) is 36.0 Å². The molecule has 0 aliphatic carbocycles. The number of hydrogen-bond donors (Lipinski definition) is 1. The highest BCUT2D eigenvalue weighted by Gasteiger charge is 2.18. The van der Waals surface area contributed by atoms with Crippen molar-refractivity contribution in [1.29, 1.82) is 0 Å². The topological polar surface area (TPSA) is 40.6 Å². The van der Waals surface area contributed by atoms with E-state index in [1.807, 2.05) is 11.3 Å². The van der Waals surface area contributed by atoms with Gasteiger partial charge in [0.1, 0.15) is 0 Å². The molecule has 6 heteroatoms. The lowest BCUT2D eigenvalue weighted by atomic mass is 10.3. The van der Waals surface area contributed by atoms with E-state index < -0.39 is 0 Å². The molecule has 0 amide bonds. The summed E-state index contributed by atoms with van der Waals surface area (Å²) >= 11 is 1.81. The minimum absolute atomic E-state index is 0.484. The second kappa shape index (κ2) is 8.08. The Bertz CT molecular complexity index is 435. The smallest absolute Gasteiger partial charge is 0.185 e. The maximum atomic E-state index is 5.31. The first-order valence-corrected chi connectivity index (χ1v) is 8.56. The summed E-state index contributed by atoms with van der Waals surface area (Å²) in [6, 6.07) is 0.484. The first-order valence-electron chi connectivity index (χ1n) is 7.74. The molecule has 0 bridgehead atoms. The lowest BCUT2D eigenvalue weighted by Crippen LogP contribution is -2.28. The molecule has 1 N–H and O–H groups in total. The molecule has 1 aromatic heterocycles. The molecule has 1 aliphatic heterocycles. The van der Waals surface area contributed by atoms with Gasteiger partial charge in [-0.05, 0) is 20.0 Å². The third-order valence-electron chi connectivity index (χ3n) is 3.71. The number of methoxy groups -OCH3 is 1. The molecule has 1 aliphatic rings. The minimum atomic E-state index is 0.484. The van der Waals surface area contributed by atoms with Gasteiger partial charge in [0, 0.05) is 44.2 Å². The van der Waals surface area contributed by atoms with E-state index in [1.165, 1.54) is 17.8 Å². The molecule has 120 valence electrons. The van der Waals surface area contributed by atoms with E-state index in [-0.39, 0.29) is 0 Å². The number of rotatable bonds is 6. The Morgan fingerprint density at radius 2 is 2.10 bits per heavy atom. The maximum Gasteiger partial charge on any atom is 0.185 e. The Balaban J connectivity index is 2.09. The zero-order chi connectivity index (χ0) is 15.2. The molecule has 1 aromatic rings. The third kappa shape index (κ3) is 4.92. The molecule has 0 aromatic carbocycles. The average Bonchev–Trinajstić information content (AvgIpc) is 2.70. The van der Waals surface area contributed by atoms with Crippen LogP contribution in [-0.2, 0) is 17.9 Å². The molecule has 1 fully saturated rings. The third-order valence-corrected chi connectivity index (χ3v) is 4.87. The number of thiazole rings is 1. The summed E-state index contributed by atoms with van der Waals surface area (Å²) in [6.45, 7) is 10.3. The molecular formula is C15H28N4OS. The summed E-state index contributed by atoms with van der Waals surface area (Å²) in [5, 5.41) is 4.64. The van der Waals surface area contributed by atoms with Crippen LogP contribution >= 0.6 is 11.3 Å². The van der Waals surface area contributed by atoms with Crippen LogP contribution in [0, 0.1) is 0 Å². The van der Waals surface area contributed by atoms with Crippen LogP contribution in [0.4, 0.5) is 5.13 Å². The van der Waals surface area contributed by atoms with E-state index >= 15 is 0 Å². The molecule has 1 saturated heterocycles. The van der Waals surface area contributed by atoms with Gasteiger partial charge in [-0.15, -0.1) is 11.3 Å². The highest BCUT2D eigenvalue weighted by atomic mass is 32.1. The van der Waals surface area contributed by atoms with Crippen LogP contribution < -0.4 is 10.2 Å². The van der Waals surface area contributed by atoms with E-state index in [9.17, 15) is 0 Å². The lowest BCUT2D eigenvalue weighted by molar-refractivity contribution is 0.181.